The maximum Gasteiger partial charge on any atom is 0.0424 e. The van der Waals surface area contributed by atoms with Gasteiger partial charge in [-0.1, -0.05) is 29.8 Å². The van der Waals surface area contributed by atoms with Crippen molar-refractivity contribution in [3.63, 3.8) is 0 Å². The molecule has 0 fully saturated rings. The summed E-state index contributed by atoms with van der Waals surface area (Å²) in [4.78, 5) is 0. The van der Waals surface area contributed by atoms with Crippen molar-refractivity contribution in [2.45, 2.75) is 5.92 Å². The molecule has 3 rings (SSSR count). The summed E-state index contributed by atoms with van der Waals surface area (Å²) in [6.07, 6.45) is 0. The Hall–Kier alpha value is -1.51. The molecule has 1 heterocycles. The lowest BCUT2D eigenvalue weighted by Gasteiger charge is -2.28. The van der Waals surface area contributed by atoms with Crippen LogP contribution in [0.15, 0.2) is 42.5 Å². The number of para-hydroxylation sites is 1. The first-order chi connectivity index (χ1) is 8.29. The normalized spacial score (nSPS) is 16.9. The highest BCUT2D eigenvalue weighted by Gasteiger charge is 2.23. The van der Waals surface area contributed by atoms with Gasteiger partial charge in [0.05, 0.1) is 0 Å². The highest BCUT2D eigenvalue weighted by Crippen LogP contribution is 2.41. The largest absolute Gasteiger partial charge is 0.355 e. The van der Waals surface area contributed by atoms with E-state index in [2.05, 4.69) is 17.4 Å². The Kier molecular flexibility index (Phi) is 2.54. The highest BCUT2D eigenvalue weighted by atomic mass is 35.5. The topological polar surface area (TPSA) is 38.0 Å². The molecule has 0 aromatic heterocycles. The van der Waals surface area contributed by atoms with E-state index in [4.69, 9.17) is 17.3 Å². The van der Waals surface area contributed by atoms with Crippen LogP contribution in [-0.2, 0) is 0 Å². The molecule has 2 aromatic rings. The van der Waals surface area contributed by atoms with E-state index in [1.807, 2.05) is 30.3 Å². The number of rotatable bonds is 1. The quantitative estimate of drug-likeness (QED) is 0.806. The molecule has 3 N–H and O–H groups in total. The molecule has 0 spiro atoms. The van der Waals surface area contributed by atoms with E-state index >= 15 is 0 Å². The fourth-order valence-electron chi connectivity index (χ4n) is 2.42. The molecule has 1 atom stereocenters. The van der Waals surface area contributed by atoms with Gasteiger partial charge in [0.15, 0.2) is 0 Å². The number of hydrogen-bond donors (Lipinski definition) is 2. The zero-order valence-corrected chi connectivity index (χ0v) is 10.0. The molecule has 1 aliphatic rings. The first-order valence-corrected chi connectivity index (χ1v) is 6.03. The van der Waals surface area contributed by atoms with Gasteiger partial charge in [-0.05, 0) is 35.4 Å². The fourth-order valence-corrected chi connectivity index (χ4v) is 2.60. The van der Waals surface area contributed by atoms with Crippen LogP contribution in [0.2, 0.25) is 5.02 Å². The van der Waals surface area contributed by atoms with Crippen molar-refractivity contribution in [1.82, 2.24) is 0 Å². The van der Waals surface area contributed by atoms with Crippen molar-refractivity contribution < 1.29 is 0 Å². The minimum absolute atomic E-state index is 0.223. The van der Waals surface area contributed by atoms with Crippen LogP contribution in [0.3, 0.4) is 0 Å². The predicted octanol–water partition coefficient (Wildman–Crippen LogP) is 3.49. The van der Waals surface area contributed by atoms with Crippen molar-refractivity contribution in [1.29, 1.82) is 0 Å². The van der Waals surface area contributed by atoms with Crippen molar-refractivity contribution in [2.75, 3.05) is 11.9 Å². The lowest BCUT2D eigenvalue weighted by molar-refractivity contribution is 0.814. The summed E-state index contributed by atoms with van der Waals surface area (Å²) in [7, 11) is 0. The standard InChI is InChI=1S/C14H13ClN2/c15-9-5-6-14-11(7-9)12(8-16)10-3-1-2-4-13(10)17-14/h1-7,12,17H,8,16H2. The van der Waals surface area contributed by atoms with Crippen LogP contribution < -0.4 is 11.1 Å². The van der Waals surface area contributed by atoms with Gasteiger partial charge in [-0.2, -0.15) is 0 Å². The third kappa shape index (κ3) is 1.70. The summed E-state index contributed by atoms with van der Waals surface area (Å²) < 4.78 is 0. The van der Waals surface area contributed by atoms with Crippen molar-refractivity contribution >= 4 is 23.0 Å². The summed E-state index contributed by atoms with van der Waals surface area (Å²) in [6.45, 7) is 0.589. The van der Waals surface area contributed by atoms with Gasteiger partial charge >= 0.3 is 0 Å². The SMILES string of the molecule is NCC1c2ccccc2Nc2ccc(Cl)cc21. The minimum atomic E-state index is 0.223. The molecule has 17 heavy (non-hydrogen) atoms. The van der Waals surface area contributed by atoms with Gasteiger partial charge in [-0.3, -0.25) is 0 Å². The molecule has 2 nitrogen and oxygen atoms in total. The molecule has 0 aliphatic carbocycles. The zero-order valence-electron chi connectivity index (χ0n) is 9.28. The van der Waals surface area contributed by atoms with Crippen LogP contribution in [0.4, 0.5) is 11.4 Å². The molecule has 0 saturated heterocycles. The predicted molar refractivity (Wildman–Crippen MR) is 72.1 cm³/mol. The molecule has 3 heteroatoms. The smallest absolute Gasteiger partial charge is 0.0424 e. The monoisotopic (exact) mass is 244 g/mol. The van der Waals surface area contributed by atoms with E-state index in [1.54, 1.807) is 0 Å². The highest BCUT2D eigenvalue weighted by molar-refractivity contribution is 6.30. The third-order valence-electron chi connectivity index (χ3n) is 3.23. The molecule has 0 radical (unpaired) electrons. The fraction of sp³-hybridized carbons (Fsp3) is 0.143. The summed E-state index contributed by atoms with van der Waals surface area (Å²) in [5.74, 6) is 0.223. The lowest BCUT2D eigenvalue weighted by Crippen LogP contribution is -2.20. The molecule has 0 amide bonds. The average molecular weight is 245 g/mol. The summed E-state index contributed by atoms with van der Waals surface area (Å²) in [5.41, 5.74) is 10.6. The number of halogens is 1. The molecule has 1 aliphatic heterocycles. The molecule has 1 unspecified atom stereocenters. The lowest BCUT2D eigenvalue weighted by atomic mass is 9.86. The van der Waals surface area contributed by atoms with E-state index in [-0.39, 0.29) is 5.92 Å². The Morgan fingerprint density at radius 2 is 1.82 bits per heavy atom. The second-order valence-corrected chi connectivity index (χ2v) is 4.67. The van der Waals surface area contributed by atoms with E-state index in [0.717, 1.165) is 16.4 Å². The van der Waals surface area contributed by atoms with Crippen LogP contribution in [0.1, 0.15) is 17.0 Å². The number of hydrogen-bond acceptors (Lipinski definition) is 2. The van der Waals surface area contributed by atoms with Gasteiger partial charge in [-0.15, -0.1) is 0 Å². The maximum atomic E-state index is 6.06. The second-order valence-electron chi connectivity index (χ2n) is 4.23. The van der Waals surface area contributed by atoms with E-state index in [9.17, 15) is 0 Å². The Bertz CT molecular complexity index is 566. The molecular formula is C14H13ClN2. The summed E-state index contributed by atoms with van der Waals surface area (Å²) in [6, 6.07) is 14.2. The van der Waals surface area contributed by atoms with E-state index < -0.39 is 0 Å². The van der Waals surface area contributed by atoms with Crippen LogP contribution in [0, 0.1) is 0 Å². The van der Waals surface area contributed by atoms with E-state index in [0.29, 0.717) is 6.54 Å². The number of nitrogens with one attached hydrogen (secondary N) is 1. The van der Waals surface area contributed by atoms with Crippen molar-refractivity contribution in [2.24, 2.45) is 5.73 Å². The first kappa shape index (κ1) is 10.6. The van der Waals surface area contributed by atoms with Crippen molar-refractivity contribution in [3.8, 4) is 0 Å². The molecule has 2 aromatic carbocycles. The Morgan fingerprint density at radius 3 is 2.65 bits per heavy atom. The number of benzene rings is 2. The van der Waals surface area contributed by atoms with Crippen LogP contribution in [0.5, 0.6) is 0 Å². The van der Waals surface area contributed by atoms with Gasteiger partial charge in [0.1, 0.15) is 0 Å². The van der Waals surface area contributed by atoms with E-state index in [1.165, 1.54) is 11.1 Å². The number of fused-ring (bicyclic) bond motifs is 2. The third-order valence-corrected chi connectivity index (χ3v) is 3.47. The maximum absolute atomic E-state index is 6.06. The number of nitrogens with two attached hydrogens (primary N) is 1. The molecule has 86 valence electrons. The second kappa shape index (κ2) is 4.06. The Balaban J connectivity index is 2.19. The van der Waals surface area contributed by atoms with Crippen LogP contribution >= 0.6 is 11.6 Å². The van der Waals surface area contributed by atoms with Gasteiger partial charge in [0.2, 0.25) is 0 Å². The van der Waals surface area contributed by atoms with Gasteiger partial charge in [0.25, 0.3) is 0 Å². The summed E-state index contributed by atoms with van der Waals surface area (Å²) in [5, 5.41) is 4.17. The first-order valence-electron chi connectivity index (χ1n) is 5.65. The zero-order chi connectivity index (χ0) is 11.8. The minimum Gasteiger partial charge on any atom is -0.355 e. The van der Waals surface area contributed by atoms with Gasteiger partial charge in [-0.25, -0.2) is 0 Å². The average Bonchev–Trinajstić information content (AvgIpc) is 2.36. The molecular weight excluding hydrogens is 232 g/mol. The molecule has 0 saturated carbocycles. The number of anilines is 2. The van der Waals surface area contributed by atoms with Crippen LogP contribution in [0.25, 0.3) is 0 Å². The Labute approximate surface area is 105 Å². The van der Waals surface area contributed by atoms with Crippen LogP contribution in [-0.4, -0.2) is 6.54 Å². The van der Waals surface area contributed by atoms with Gasteiger partial charge in [0, 0.05) is 28.9 Å². The summed E-state index contributed by atoms with van der Waals surface area (Å²) >= 11 is 6.06. The molecule has 0 bridgehead atoms. The van der Waals surface area contributed by atoms with Crippen molar-refractivity contribution in [3.05, 3.63) is 58.6 Å². The van der Waals surface area contributed by atoms with Gasteiger partial charge < -0.3 is 11.1 Å². The Morgan fingerprint density at radius 1 is 1.06 bits per heavy atom.